The van der Waals surface area contributed by atoms with Crippen LogP contribution in [0, 0.1) is 20.8 Å². The van der Waals surface area contributed by atoms with Crippen LogP contribution in [0.5, 0.6) is 5.75 Å². The van der Waals surface area contributed by atoms with Gasteiger partial charge < -0.3 is 9.47 Å². The van der Waals surface area contributed by atoms with Crippen molar-refractivity contribution in [2.45, 2.75) is 53.1 Å². The fraction of sp³-hybridized carbons (Fsp3) is 0.565. The maximum absolute atomic E-state index is 6.61. The first-order valence-electron chi connectivity index (χ1n) is 10.1. The van der Waals surface area contributed by atoms with Crippen LogP contribution in [0.4, 0.5) is 0 Å². The van der Waals surface area contributed by atoms with E-state index in [1.165, 1.54) is 26.4 Å². The zero-order valence-electron chi connectivity index (χ0n) is 17.4. The Labute approximate surface area is 168 Å². The molecule has 0 aliphatic carbocycles. The maximum atomic E-state index is 6.61. The number of nitrogens with zero attached hydrogens (tertiary/aromatic N) is 1. The molecule has 0 saturated carbocycles. The number of hydrogen-bond acceptors (Lipinski definition) is 4. The van der Waals surface area contributed by atoms with Gasteiger partial charge >= 0.3 is 0 Å². The summed E-state index contributed by atoms with van der Waals surface area (Å²) in [5.41, 5.74) is 3.95. The normalized spacial score (nSPS) is 16.7. The molecule has 2 heterocycles. The number of benzene rings is 1. The first kappa shape index (κ1) is 20.4. The lowest BCUT2D eigenvalue weighted by atomic mass is 10.0. The standard InChI is InChI=1S/C23H33NO2S/c1-16(2)20-12-17(3)13-21(15-20)26-23(22-14-18(4)27-19(22)5)6-7-24-8-10-25-11-9-24/h12-16,23H,6-11H2,1-5H3. The minimum absolute atomic E-state index is 0.0969. The zero-order valence-corrected chi connectivity index (χ0v) is 18.2. The molecule has 0 radical (unpaired) electrons. The molecule has 0 amide bonds. The SMILES string of the molecule is Cc1cc(OC(CCN2CCOCC2)c2cc(C)sc2C)cc(C(C)C)c1. The lowest BCUT2D eigenvalue weighted by Crippen LogP contribution is -2.37. The number of hydrogen-bond donors (Lipinski definition) is 0. The molecule has 27 heavy (non-hydrogen) atoms. The Morgan fingerprint density at radius 3 is 2.44 bits per heavy atom. The number of rotatable bonds is 7. The number of morpholine rings is 1. The molecule has 4 heteroatoms. The average molecular weight is 388 g/mol. The van der Waals surface area contributed by atoms with Gasteiger partial charge in [0.15, 0.2) is 0 Å². The Kier molecular flexibility index (Phi) is 6.96. The predicted octanol–water partition coefficient (Wildman–Crippen LogP) is 5.64. The van der Waals surface area contributed by atoms with E-state index < -0.39 is 0 Å². The topological polar surface area (TPSA) is 21.7 Å². The van der Waals surface area contributed by atoms with Crippen LogP contribution in [0.15, 0.2) is 24.3 Å². The van der Waals surface area contributed by atoms with Gasteiger partial charge in [0.1, 0.15) is 11.9 Å². The van der Waals surface area contributed by atoms with Crippen molar-refractivity contribution in [3.05, 3.63) is 50.7 Å². The molecular formula is C23H33NO2S. The molecule has 1 aliphatic heterocycles. The second-order valence-electron chi connectivity index (χ2n) is 7.95. The molecule has 1 fully saturated rings. The van der Waals surface area contributed by atoms with Crippen LogP contribution in [-0.2, 0) is 4.74 Å². The molecule has 1 aromatic carbocycles. The minimum atomic E-state index is 0.0969. The van der Waals surface area contributed by atoms with Crippen LogP contribution < -0.4 is 4.74 Å². The fourth-order valence-electron chi connectivity index (χ4n) is 3.71. The van der Waals surface area contributed by atoms with E-state index in [2.05, 4.69) is 63.8 Å². The summed E-state index contributed by atoms with van der Waals surface area (Å²) in [5, 5.41) is 0. The summed E-state index contributed by atoms with van der Waals surface area (Å²) in [5.74, 6) is 1.50. The van der Waals surface area contributed by atoms with Gasteiger partial charge in [0.2, 0.25) is 0 Å². The van der Waals surface area contributed by atoms with Gasteiger partial charge in [0.25, 0.3) is 0 Å². The summed E-state index contributed by atoms with van der Waals surface area (Å²) in [6, 6.07) is 8.96. The van der Waals surface area contributed by atoms with Gasteiger partial charge in [0.05, 0.1) is 13.2 Å². The second-order valence-corrected chi connectivity index (χ2v) is 9.41. The summed E-state index contributed by atoms with van der Waals surface area (Å²) in [4.78, 5) is 5.22. The number of ether oxygens (including phenoxy) is 2. The monoisotopic (exact) mass is 387 g/mol. The first-order valence-corrected chi connectivity index (χ1v) is 10.9. The highest BCUT2D eigenvalue weighted by atomic mass is 32.1. The smallest absolute Gasteiger partial charge is 0.126 e. The highest BCUT2D eigenvalue weighted by Crippen LogP contribution is 2.33. The molecule has 1 aromatic heterocycles. The van der Waals surface area contributed by atoms with Crippen LogP contribution in [0.3, 0.4) is 0 Å². The molecule has 3 nitrogen and oxygen atoms in total. The Morgan fingerprint density at radius 2 is 1.81 bits per heavy atom. The van der Waals surface area contributed by atoms with Crippen LogP contribution in [0.1, 0.15) is 58.7 Å². The molecule has 148 valence electrons. The third kappa shape index (κ3) is 5.56. The summed E-state index contributed by atoms with van der Waals surface area (Å²) in [6.45, 7) is 15.8. The summed E-state index contributed by atoms with van der Waals surface area (Å²) in [6.07, 6.45) is 1.10. The van der Waals surface area contributed by atoms with E-state index in [-0.39, 0.29) is 6.10 Å². The van der Waals surface area contributed by atoms with Crippen molar-refractivity contribution < 1.29 is 9.47 Å². The van der Waals surface area contributed by atoms with Crippen LogP contribution >= 0.6 is 11.3 Å². The van der Waals surface area contributed by atoms with Gasteiger partial charge in [-0.25, -0.2) is 0 Å². The van der Waals surface area contributed by atoms with Gasteiger partial charge in [-0.3, -0.25) is 4.90 Å². The van der Waals surface area contributed by atoms with Crippen molar-refractivity contribution in [2.75, 3.05) is 32.8 Å². The van der Waals surface area contributed by atoms with Gasteiger partial charge in [-0.1, -0.05) is 19.9 Å². The van der Waals surface area contributed by atoms with Crippen molar-refractivity contribution in [3.63, 3.8) is 0 Å². The minimum Gasteiger partial charge on any atom is -0.486 e. The van der Waals surface area contributed by atoms with Crippen molar-refractivity contribution in [1.82, 2.24) is 4.90 Å². The van der Waals surface area contributed by atoms with Crippen LogP contribution in [-0.4, -0.2) is 37.7 Å². The molecule has 3 rings (SSSR count). The number of thiophene rings is 1. The fourth-order valence-corrected chi connectivity index (χ4v) is 4.69. The van der Waals surface area contributed by atoms with Crippen LogP contribution in [0.2, 0.25) is 0 Å². The Balaban J connectivity index is 1.80. The number of aryl methyl sites for hydroxylation is 3. The third-order valence-electron chi connectivity index (χ3n) is 5.26. The highest BCUT2D eigenvalue weighted by molar-refractivity contribution is 7.12. The second kappa shape index (κ2) is 9.22. The summed E-state index contributed by atoms with van der Waals surface area (Å²) >= 11 is 1.87. The first-order chi connectivity index (χ1) is 12.9. The van der Waals surface area contributed by atoms with Gasteiger partial charge in [-0.2, -0.15) is 0 Å². The molecule has 1 atom stereocenters. The van der Waals surface area contributed by atoms with E-state index in [0.29, 0.717) is 5.92 Å². The van der Waals surface area contributed by atoms with Crippen LogP contribution in [0.25, 0.3) is 0 Å². The third-order valence-corrected chi connectivity index (χ3v) is 6.24. The van der Waals surface area contributed by atoms with Crippen molar-refractivity contribution in [2.24, 2.45) is 0 Å². The van der Waals surface area contributed by atoms with E-state index in [1.54, 1.807) is 0 Å². The Bertz CT molecular complexity index is 747. The summed E-state index contributed by atoms with van der Waals surface area (Å²) in [7, 11) is 0. The zero-order chi connectivity index (χ0) is 19.4. The highest BCUT2D eigenvalue weighted by Gasteiger charge is 2.21. The maximum Gasteiger partial charge on any atom is 0.126 e. The average Bonchev–Trinajstić information content (AvgIpc) is 2.97. The van der Waals surface area contributed by atoms with Crippen molar-refractivity contribution in [1.29, 1.82) is 0 Å². The van der Waals surface area contributed by atoms with E-state index in [0.717, 1.165) is 45.0 Å². The van der Waals surface area contributed by atoms with E-state index >= 15 is 0 Å². The Hall–Kier alpha value is -1.36. The lowest BCUT2D eigenvalue weighted by molar-refractivity contribution is 0.0317. The van der Waals surface area contributed by atoms with E-state index in [1.807, 2.05) is 11.3 Å². The lowest BCUT2D eigenvalue weighted by Gasteiger charge is -2.29. The largest absolute Gasteiger partial charge is 0.486 e. The van der Waals surface area contributed by atoms with E-state index in [9.17, 15) is 0 Å². The van der Waals surface area contributed by atoms with Gasteiger partial charge in [-0.05, 0) is 56.0 Å². The molecule has 1 unspecified atom stereocenters. The molecule has 1 aliphatic rings. The Morgan fingerprint density at radius 1 is 1.07 bits per heavy atom. The van der Waals surface area contributed by atoms with Crippen molar-refractivity contribution in [3.8, 4) is 5.75 Å². The van der Waals surface area contributed by atoms with Crippen molar-refractivity contribution >= 4 is 11.3 Å². The van der Waals surface area contributed by atoms with E-state index in [4.69, 9.17) is 9.47 Å². The molecular weight excluding hydrogens is 354 g/mol. The molecule has 0 bridgehead atoms. The summed E-state index contributed by atoms with van der Waals surface area (Å²) < 4.78 is 12.1. The molecule has 0 spiro atoms. The van der Waals surface area contributed by atoms with Gasteiger partial charge in [-0.15, -0.1) is 11.3 Å². The van der Waals surface area contributed by atoms with Gasteiger partial charge in [0, 0.05) is 41.4 Å². The molecule has 1 saturated heterocycles. The quantitative estimate of drug-likeness (QED) is 0.614. The molecule has 2 aromatic rings. The molecule has 0 N–H and O–H groups in total. The predicted molar refractivity (Wildman–Crippen MR) is 114 cm³/mol.